The van der Waals surface area contributed by atoms with Crippen LogP contribution in [0.5, 0.6) is 0 Å². The molecule has 2 rings (SSSR count). The van der Waals surface area contributed by atoms with E-state index in [0.717, 1.165) is 17.4 Å². The summed E-state index contributed by atoms with van der Waals surface area (Å²) < 4.78 is 13.1. The van der Waals surface area contributed by atoms with Gasteiger partial charge in [-0.3, -0.25) is 10.1 Å². The van der Waals surface area contributed by atoms with Crippen molar-refractivity contribution in [2.75, 3.05) is 0 Å². The van der Waals surface area contributed by atoms with Gasteiger partial charge in [0, 0.05) is 28.2 Å². The van der Waals surface area contributed by atoms with E-state index in [4.69, 9.17) is 0 Å². The molecule has 0 aliphatic heterocycles. The first kappa shape index (κ1) is 10.4. The maximum Gasteiger partial charge on any atom is 0.235 e. The Kier molecular flexibility index (Phi) is 2.44. The predicted octanol–water partition coefficient (Wildman–Crippen LogP) is 2.86. The van der Waals surface area contributed by atoms with Crippen molar-refractivity contribution < 1.29 is 9.31 Å². The minimum atomic E-state index is -0.544. The average Bonchev–Trinajstić information content (AvgIpc) is 2.51. The molecule has 5 heteroatoms. The Hall–Kier alpha value is -2.17. The van der Waals surface area contributed by atoms with E-state index in [2.05, 4.69) is 4.98 Å². The number of nitro groups is 1. The van der Waals surface area contributed by atoms with Gasteiger partial charge in [0.2, 0.25) is 6.20 Å². The highest BCUT2D eigenvalue weighted by Crippen LogP contribution is 2.24. The van der Waals surface area contributed by atoms with E-state index in [1.807, 2.05) is 0 Å². The third kappa shape index (κ3) is 1.79. The van der Waals surface area contributed by atoms with Crippen LogP contribution < -0.4 is 0 Å². The van der Waals surface area contributed by atoms with Crippen LogP contribution >= 0.6 is 0 Å². The van der Waals surface area contributed by atoms with Gasteiger partial charge in [-0.05, 0) is 25.1 Å². The molecule has 0 radical (unpaired) electrons. The molecule has 0 unspecified atom stereocenters. The normalized spacial score (nSPS) is 11.4. The monoisotopic (exact) mass is 220 g/mol. The highest BCUT2D eigenvalue weighted by Gasteiger charge is 2.07. The zero-order chi connectivity index (χ0) is 11.7. The predicted molar refractivity (Wildman–Crippen MR) is 59.0 cm³/mol. The fraction of sp³-hybridized carbons (Fsp3) is 0.0909. The quantitative estimate of drug-likeness (QED) is 0.624. The number of hydrogen-bond donors (Lipinski definition) is 1. The smallest absolute Gasteiger partial charge is 0.235 e. The first-order chi connectivity index (χ1) is 7.58. The fourth-order valence-electron chi connectivity index (χ4n) is 1.67. The third-order valence-corrected chi connectivity index (χ3v) is 2.36. The van der Waals surface area contributed by atoms with Gasteiger partial charge in [-0.1, -0.05) is 0 Å². The van der Waals surface area contributed by atoms with Crippen LogP contribution in [0.4, 0.5) is 4.39 Å². The van der Waals surface area contributed by atoms with Gasteiger partial charge in [0.25, 0.3) is 0 Å². The van der Waals surface area contributed by atoms with Crippen molar-refractivity contribution in [2.45, 2.75) is 6.92 Å². The van der Waals surface area contributed by atoms with Gasteiger partial charge in [-0.2, -0.15) is 0 Å². The zero-order valence-electron chi connectivity index (χ0n) is 8.53. The lowest BCUT2D eigenvalue weighted by molar-refractivity contribution is -0.400. The molecule has 0 atom stereocenters. The second-order valence-corrected chi connectivity index (χ2v) is 3.45. The molecule has 2 aromatic rings. The van der Waals surface area contributed by atoms with Crippen molar-refractivity contribution in [1.29, 1.82) is 0 Å². The maximum atomic E-state index is 13.1. The Bertz CT molecular complexity index is 587. The average molecular weight is 220 g/mol. The number of hydrogen-bond acceptors (Lipinski definition) is 2. The van der Waals surface area contributed by atoms with E-state index in [1.165, 1.54) is 18.2 Å². The van der Waals surface area contributed by atoms with Crippen LogP contribution in [0.2, 0.25) is 0 Å². The summed E-state index contributed by atoms with van der Waals surface area (Å²) in [5, 5.41) is 10.9. The number of rotatable bonds is 2. The van der Waals surface area contributed by atoms with Crippen LogP contribution in [-0.4, -0.2) is 9.91 Å². The van der Waals surface area contributed by atoms with E-state index in [0.29, 0.717) is 10.9 Å². The van der Waals surface area contributed by atoms with E-state index >= 15 is 0 Å². The molecule has 16 heavy (non-hydrogen) atoms. The zero-order valence-corrected chi connectivity index (χ0v) is 8.53. The number of halogens is 1. The Morgan fingerprint density at radius 1 is 1.50 bits per heavy atom. The third-order valence-electron chi connectivity index (χ3n) is 2.36. The molecule has 4 nitrogen and oxygen atoms in total. The summed E-state index contributed by atoms with van der Waals surface area (Å²) in [6.45, 7) is 1.79. The summed E-state index contributed by atoms with van der Waals surface area (Å²) in [6, 6.07) is 4.32. The summed E-state index contributed by atoms with van der Waals surface area (Å²) in [7, 11) is 0. The Labute approximate surface area is 90.5 Å². The second kappa shape index (κ2) is 3.77. The van der Waals surface area contributed by atoms with Crippen molar-refractivity contribution in [3.05, 3.63) is 51.6 Å². The molecule has 1 N–H and O–H groups in total. The second-order valence-electron chi connectivity index (χ2n) is 3.45. The molecule has 0 aliphatic rings. The number of fused-ring (bicyclic) bond motifs is 1. The van der Waals surface area contributed by atoms with E-state index < -0.39 is 4.92 Å². The molecule has 1 heterocycles. The molecule has 0 aliphatic carbocycles. The Morgan fingerprint density at radius 3 is 2.94 bits per heavy atom. The molecule has 0 saturated heterocycles. The summed E-state index contributed by atoms with van der Waals surface area (Å²) in [4.78, 5) is 12.7. The topological polar surface area (TPSA) is 58.9 Å². The molecule has 0 amide bonds. The summed E-state index contributed by atoms with van der Waals surface area (Å²) in [5.41, 5.74) is 2.19. The Balaban J connectivity index is 2.62. The maximum absolute atomic E-state index is 13.1. The van der Waals surface area contributed by atoms with Crippen molar-refractivity contribution in [1.82, 2.24) is 4.98 Å². The molecule has 82 valence electrons. The first-order valence-corrected chi connectivity index (χ1v) is 4.67. The van der Waals surface area contributed by atoms with Crippen molar-refractivity contribution in [2.24, 2.45) is 0 Å². The summed E-state index contributed by atoms with van der Waals surface area (Å²) in [6.07, 6.45) is 2.22. The standard InChI is InChI=1S/C11H9FN2O2/c1-7-9(4-5-14(15)16)10-6-8(12)2-3-11(10)13-7/h2-6,13H,1H3/b5-4+. The van der Waals surface area contributed by atoms with E-state index in [-0.39, 0.29) is 5.82 Å². The highest BCUT2D eigenvalue weighted by molar-refractivity contribution is 5.90. The van der Waals surface area contributed by atoms with Crippen molar-refractivity contribution in [3.8, 4) is 0 Å². The minimum absolute atomic E-state index is 0.359. The number of benzene rings is 1. The van der Waals surface area contributed by atoms with Gasteiger partial charge >= 0.3 is 0 Å². The number of nitrogens with one attached hydrogen (secondary N) is 1. The SMILES string of the molecule is Cc1[nH]c2ccc(F)cc2c1/C=C/[N+](=O)[O-]. The van der Waals surface area contributed by atoms with Gasteiger partial charge in [-0.25, -0.2) is 4.39 Å². The molecule has 1 aromatic heterocycles. The van der Waals surface area contributed by atoms with Crippen molar-refractivity contribution >= 4 is 17.0 Å². The molecule has 0 saturated carbocycles. The van der Waals surface area contributed by atoms with E-state index in [1.54, 1.807) is 13.0 Å². The van der Waals surface area contributed by atoms with Crippen LogP contribution in [0.3, 0.4) is 0 Å². The molecule has 1 aromatic carbocycles. The van der Waals surface area contributed by atoms with Gasteiger partial charge in [0.05, 0.1) is 4.92 Å². The van der Waals surface area contributed by atoms with Gasteiger partial charge in [0.15, 0.2) is 0 Å². The van der Waals surface area contributed by atoms with Crippen LogP contribution in [0.1, 0.15) is 11.3 Å². The van der Waals surface area contributed by atoms with Crippen molar-refractivity contribution in [3.63, 3.8) is 0 Å². The lowest BCUT2D eigenvalue weighted by Gasteiger charge is -1.92. The van der Waals surface area contributed by atoms with Crippen LogP contribution in [0, 0.1) is 22.9 Å². The number of nitrogens with zero attached hydrogens (tertiary/aromatic N) is 1. The van der Waals surface area contributed by atoms with Crippen LogP contribution in [-0.2, 0) is 0 Å². The van der Waals surface area contributed by atoms with Gasteiger partial charge in [-0.15, -0.1) is 0 Å². The van der Waals surface area contributed by atoms with Gasteiger partial charge in [0.1, 0.15) is 5.82 Å². The number of aromatic amines is 1. The lowest BCUT2D eigenvalue weighted by atomic mass is 10.1. The molecule has 0 spiro atoms. The summed E-state index contributed by atoms with van der Waals surface area (Å²) >= 11 is 0. The molecular formula is C11H9FN2O2. The van der Waals surface area contributed by atoms with Gasteiger partial charge < -0.3 is 4.98 Å². The molecular weight excluding hydrogens is 211 g/mol. The van der Waals surface area contributed by atoms with E-state index in [9.17, 15) is 14.5 Å². The molecule has 0 fully saturated rings. The number of aromatic nitrogens is 1. The summed E-state index contributed by atoms with van der Waals surface area (Å²) in [5.74, 6) is -0.359. The minimum Gasteiger partial charge on any atom is -0.358 e. The lowest BCUT2D eigenvalue weighted by Crippen LogP contribution is -1.83. The van der Waals surface area contributed by atoms with Crippen LogP contribution in [0.15, 0.2) is 24.4 Å². The number of aryl methyl sites for hydroxylation is 1. The largest absolute Gasteiger partial charge is 0.358 e. The fourth-order valence-corrected chi connectivity index (χ4v) is 1.67. The molecule has 0 bridgehead atoms. The Morgan fingerprint density at radius 2 is 2.25 bits per heavy atom. The van der Waals surface area contributed by atoms with Crippen LogP contribution in [0.25, 0.3) is 17.0 Å². The number of H-pyrrole nitrogens is 1. The first-order valence-electron chi connectivity index (χ1n) is 4.67. The highest BCUT2D eigenvalue weighted by atomic mass is 19.1.